The molecule has 1 saturated carbocycles. The lowest BCUT2D eigenvalue weighted by Gasteiger charge is -2.44. The molecule has 2 aliphatic heterocycles. The number of carbonyl (C=O) groups is 1. The Morgan fingerprint density at radius 3 is 2.54 bits per heavy atom. The van der Waals surface area contributed by atoms with Crippen molar-refractivity contribution in [2.24, 2.45) is 16.7 Å². The van der Waals surface area contributed by atoms with Crippen molar-refractivity contribution in [2.75, 3.05) is 47.3 Å². The third kappa shape index (κ3) is 2.88. The minimum atomic E-state index is -3.50. The maximum absolute atomic E-state index is 13.1. The van der Waals surface area contributed by atoms with Crippen LogP contribution in [0.4, 0.5) is 0 Å². The summed E-state index contributed by atoms with van der Waals surface area (Å²) < 4.78 is 27.5. The molecule has 8 heteroatoms. The Bertz CT molecular complexity index is 849. The Hall–Kier alpha value is -1.51. The van der Waals surface area contributed by atoms with Crippen LogP contribution in [0.2, 0.25) is 0 Å². The summed E-state index contributed by atoms with van der Waals surface area (Å²) in [5.74, 6) is 0.548. The second kappa shape index (κ2) is 6.78. The van der Waals surface area contributed by atoms with Crippen LogP contribution in [-0.2, 0) is 14.8 Å². The predicted octanol–water partition coefficient (Wildman–Crippen LogP) is 1.28. The van der Waals surface area contributed by atoms with E-state index in [2.05, 4.69) is 16.9 Å². The average Bonchev–Trinajstić information content (AvgIpc) is 3.17. The molecule has 1 spiro atoms. The van der Waals surface area contributed by atoms with Gasteiger partial charge >= 0.3 is 0 Å². The van der Waals surface area contributed by atoms with Gasteiger partial charge in [-0.3, -0.25) is 9.78 Å². The number of hydrogen-bond acceptors (Lipinski definition) is 5. The highest BCUT2D eigenvalue weighted by atomic mass is 32.2. The fraction of sp³-hybridized carbons (Fsp3) is 0.700. The zero-order chi connectivity index (χ0) is 20.2. The minimum absolute atomic E-state index is 0.0669. The number of carbonyl (C=O) groups excluding carboxylic acids is 1. The highest BCUT2D eigenvalue weighted by Gasteiger charge is 2.64. The standard InChI is InChI=1S/C20H30N4O3S/c1-22(2)18(25)20-7-6-19(17(20)14-23(3)15-20)8-11-24(12-9-19)28(26,27)16-5-4-10-21-13-16/h4-5,10,13,17H,6-9,11-12,14-15H2,1-3H3/t17-,20+/m1/s1. The summed E-state index contributed by atoms with van der Waals surface area (Å²) in [6.07, 6.45) is 6.59. The van der Waals surface area contributed by atoms with Crippen molar-refractivity contribution in [3.05, 3.63) is 24.5 Å². The minimum Gasteiger partial charge on any atom is -0.348 e. The van der Waals surface area contributed by atoms with E-state index in [-0.39, 0.29) is 21.6 Å². The van der Waals surface area contributed by atoms with Crippen molar-refractivity contribution in [2.45, 2.75) is 30.6 Å². The molecule has 28 heavy (non-hydrogen) atoms. The lowest BCUT2D eigenvalue weighted by Crippen LogP contribution is -2.49. The summed E-state index contributed by atoms with van der Waals surface area (Å²) in [5, 5.41) is 0. The van der Waals surface area contributed by atoms with E-state index in [1.165, 1.54) is 6.20 Å². The molecule has 0 unspecified atom stereocenters. The Balaban J connectivity index is 1.55. The van der Waals surface area contributed by atoms with E-state index in [0.717, 1.165) is 38.8 Å². The van der Waals surface area contributed by atoms with Crippen LogP contribution in [0.5, 0.6) is 0 Å². The van der Waals surface area contributed by atoms with Gasteiger partial charge in [-0.25, -0.2) is 8.42 Å². The largest absolute Gasteiger partial charge is 0.348 e. The Morgan fingerprint density at radius 2 is 1.93 bits per heavy atom. The molecule has 2 saturated heterocycles. The number of aromatic nitrogens is 1. The highest BCUT2D eigenvalue weighted by molar-refractivity contribution is 7.89. The number of sulfonamides is 1. The maximum Gasteiger partial charge on any atom is 0.244 e. The van der Waals surface area contributed by atoms with Gasteiger partial charge in [0.15, 0.2) is 0 Å². The number of amides is 1. The monoisotopic (exact) mass is 406 g/mol. The topological polar surface area (TPSA) is 73.8 Å². The van der Waals surface area contributed by atoms with Gasteiger partial charge in [0.05, 0.1) is 5.41 Å². The van der Waals surface area contributed by atoms with Crippen molar-refractivity contribution >= 4 is 15.9 Å². The van der Waals surface area contributed by atoms with E-state index >= 15 is 0 Å². The van der Waals surface area contributed by atoms with E-state index in [0.29, 0.717) is 19.0 Å². The molecular weight excluding hydrogens is 376 g/mol. The zero-order valence-electron chi connectivity index (χ0n) is 17.0. The summed E-state index contributed by atoms with van der Waals surface area (Å²) in [6, 6.07) is 3.26. The van der Waals surface area contributed by atoms with Crippen molar-refractivity contribution in [1.82, 2.24) is 19.1 Å². The van der Waals surface area contributed by atoms with Crippen molar-refractivity contribution in [3.63, 3.8) is 0 Å². The molecule has 154 valence electrons. The van der Waals surface area contributed by atoms with Crippen molar-refractivity contribution < 1.29 is 13.2 Å². The quantitative estimate of drug-likeness (QED) is 0.756. The number of pyridine rings is 1. The van der Waals surface area contributed by atoms with Gasteiger partial charge in [0.25, 0.3) is 0 Å². The van der Waals surface area contributed by atoms with Crippen LogP contribution in [0.1, 0.15) is 25.7 Å². The van der Waals surface area contributed by atoms with Crippen LogP contribution in [0.3, 0.4) is 0 Å². The summed E-state index contributed by atoms with van der Waals surface area (Å²) in [5.41, 5.74) is -0.236. The number of likely N-dealkylation sites (tertiary alicyclic amines) is 1. The normalized spacial score (nSPS) is 30.5. The van der Waals surface area contributed by atoms with Gasteiger partial charge in [0.1, 0.15) is 4.90 Å². The van der Waals surface area contributed by atoms with Crippen LogP contribution < -0.4 is 0 Å². The number of rotatable bonds is 3. The lowest BCUT2D eigenvalue weighted by molar-refractivity contribution is -0.141. The molecule has 4 rings (SSSR count). The summed E-state index contributed by atoms with van der Waals surface area (Å²) >= 11 is 0. The average molecular weight is 407 g/mol. The molecule has 3 fully saturated rings. The van der Waals surface area contributed by atoms with Crippen LogP contribution in [0, 0.1) is 16.7 Å². The second-order valence-corrected chi connectivity index (χ2v) is 11.0. The lowest BCUT2D eigenvalue weighted by atomic mass is 9.66. The van der Waals surface area contributed by atoms with Crippen molar-refractivity contribution in [3.8, 4) is 0 Å². The molecule has 0 N–H and O–H groups in total. The first-order valence-corrected chi connectivity index (χ1v) is 11.5. The van der Waals surface area contributed by atoms with E-state index in [1.807, 2.05) is 14.1 Å². The molecule has 3 aliphatic rings. The fourth-order valence-electron chi connectivity index (χ4n) is 6.01. The van der Waals surface area contributed by atoms with Gasteiger partial charge in [-0.1, -0.05) is 0 Å². The molecular formula is C20H30N4O3S. The van der Waals surface area contributed by atoms with Gasteiger partial charge in [0, 0.05) is 52.7 Å². The number of hydrogen-bond donors (Lipinski definition) is 0. The summed E-state index contributed by atoms with van der Waals surface area (Å²) in [7, 11) is 2.29. The molecule has 1 aromatic heterocycles. The van der Waals surface area contributed by atoms with Crippen molar-refractivity contribution in [1.29, 1.82) is 0 Å². The molecule has 0 radical (unpaired) electrons. The number of nitrogens with zero attached hydrogens (tertiary/aromatic N) is 4. The molecule has 0 aromatic carbocycles. The van der Waals surface area contributed by atoms with Gasteiger partial charge in [-0.05, 0) is 56.2 Å². The van der Waals surface area contributed by atoms with E-state index in [9.17, 15) is 13.2 Å². The van der Waals surface area contributed by atoms with Crippen LogP contribution in [0.25, 0.3) is 0 Å². The Morgan fingerprint density at radius 1 is 1.21 bits per heavy atom. The van der Waals surface area contributed by atoms with E-state index in [4.69, 9.17) is 0 Å². The smallest absolute Gasteiger partial charge is 0.244 e. The molecule has 1 aromatic rings. The third-order valence-corrected chi connectivity index (χ3v) is 9.23. The van der Waals surface area contributed by atoms with Gasteiger partial charge < -0.3 is 9.80 Å². The molecule has 0 bridgehead atoms. The fourth-order valence-corrected chi connectivity index (χ4v) is 7.42. The number of fused-ring (bicyclic) bond motifs is 2. The van der Waals surface area contributed by atoms with Crippen LogP contribution >= 0.6 is 0 Å². The molecule has 2 atom stereocenters. The van der Waals surface area contributed by atoms with Crippen LogP contribution in [0.15, 0.2) is 29.4 Å². The first kappa shape index (κ1) is 19.8. The Kier molecular flexibility index (Phi) is 4.79. The predicted molar refractivity (Wildman–Crippen MR) is 106 cm³/mol. The summed E-state index contributed by atoms with van der Waals surface area (Å²) in [4.78, 5) is 21.4. The van der Waals surface area contributed by atoms with Gasteiger partial charge in [0.2, 0.25) is 15.9 Å². The van der Waals surface area contributed by atoms with E-state index in [1.54, 1.807) is 27.5 Å². The molecule has 7 nitrogen and oxygen atoms in total. The maximum atomic E-state index is 13.1. The number of piperidine rings is 1. The van der Waals surface area contributed by atoms with Crippen LogP contribution in [-0.4, -0.2) is 80.7 Å². The van der Waals surface area contributed by atoms with E-state index < -0.39 is 10.0 Å². The third-order valence-electron chi connectivity index (χ3n) is 7.34. The zero-order valence-corrected chi connectivity index (χ0v) is 17.8. The molecule has 1 aliphatic carbocycles. The molecule has 1 amide bonds. The first-order valence-electron chi connectivity index (χ1n) is 10.0. The SMILES string of the molecule is CN1C[C@@H]2C3(CCN(S(=O)(=O)c4cccnc4)CC3)CC[C@]2(C(=O)N(C)C)C1. The summed E-state index contributed by atoms with van der Waals surface area (Å²) in [6.45, 7) is 2.77. The first-order chi connectivity index (χ1) is 13.2. The highest BCUT2D eigenvalue weighted by Crippen LogP contribution is 2.62. The molecule has 3 heterocycles. The van der Waals surface area contributed by atoms with Gasteiger partial charge in [-0.2, -0.15) is 4.31 Å². The Labute approximate surface area is 167 Å². The second-order valence-electron chi connectivity index (χ2n) is 9.06. The van der Waals surface area contributed by atoms with Gasteiger partial charge in [-0.15, -0.1) is 0 Å².